The molecule has 0 radical (unpaired) electrons. The molecule has 0 fully saturated rings. The van der Waals surface area contributed by atoms with Gasteiger partial charge in [-0.05, 0) is 43.7 Å². The van der Waals surface area contributed by atoms with Gasteiger partial charge in [0.2, 0.25) is 0 Å². The Morgan fingerprint density at radius 1 is 0.857 bits per heavy atom. The van der Waals surface area contributed by atoms with Crippen LogP contribution in [0.15, 0.2) is 66.7 Å². The molecule has 0 saturated carbocycles. The minimum Gasteiger partial charge on any atom is -0.491 e. The van der Waals surface area contributed by atoms with Crippen LogP contribution < -0.4 is 4.74 Å². The molecule has 0 aliphatic rings. The molecule has 28 heavy (non-hydrogen) atoms. The van der Waals surface area contributed by atoms with Crippen LogP contribution in [0.3, 0.4) is 0 Å². The van der Waals surface area contributed by atoms with Crippen molar-refractivity contribution in [2.75, 3.05) is 6.61 Å². The van der Waals surface area contributed by atoms with E-state index in [1.807, 2.05) is 30.3 Å². The summed E-state index contributed by atoms with van der Waals surface area (Å²) in [6.07, 6.45) is 0. The zero-order chi connectivity index (χ0) is 19.1. The molecule has 2 heterocycles. The fourth-order valence-corrected chi connectivity index (χ4v) is 3.82. The van der Waals surface area contributed by atoms with Crippen LogP contribution in [-0.4, -0.2) is 21.1 Å². The topological polar surface area (TPSA) is 39.9 Å². The maximum atomic E-state index is 6.08. The first-order valence-corrected chi connectivity index (χ1v) is 9.54. The zero-order valence-corrected chi connectivity index (χ0v) is 16.0. The van der Waals surface area contributed by atoms with Crippen molar-refractivity contribution in [3.05, 3.63) is 77.9 Å². The zero-order valence-electron chi connectivity index (χ0n) is 16.0. The van der Waals surface area contributed by atoms with Crippen molar-refractivity contribution < 1.29 is 4.74 Å². The van der Waals surface area contributed by atoms with Gasteiger partial charge in [0.1, 0.15) is 17.9 Å². The number of aryl methyl sites for hydroxylation is 2. The Morgan fingerprint density at radius 2 is 1.61 bits per heavy atom. The predicted octanol–water partition coefficient (Wildman–Crippen LogP) is 5.43. The lowest BCUT2D eigenvalue weighted by Gasteiger charge is -2.11. The van der Waals surface area contributed by atoms with Crippen LogP contribution in [0.1, 0.15) is 11.1 Å². The summed E-state index contributed by atoms with van der Waals surface area (Å²) >= 11 is 0. The fraction of sp³-hybridized carbons (Fsp3) is 0.167. The van der Waals surface area contributed by atoms with Crippen LogP contribution in [0.5, 0.6) is 5.75 Å². The number of hydrogen-bond donors (Lipinski definition) is 0. The SMILES string of the molecule is Cc1ccc(OCCn2c3ccccc3c3nc4ccccc4nc32)c(C)c1. The number of para-hydroxylation sites is 3. The van der Waals surface area contributed by atoms with Crippen molar-refractivity contribution in [3.63, 3.8) is 0 Å². The molecule has 2 aromatic heterocycles. The van der Waals surface area contributed by atoms with E-state index in [0.29, 0.717) is 13.2 Å². The van der Waals surface area contributed by atoms with Gasteiger partial charge in [0.05, 0.1) is 23.1 Å². The van der Waals surface area contributed by atoms with Crippen molar-refractivity contribution in [2.24, 2.45) is 0 Å². The monoisotopic (exact) mass is 367 g/mol. The quantitative estimate of drug-likeness (QED) is 0.425. The molecule has 0 aliphatic heterocycles. The van der Waals surface area contributed by atoms with E-state index < -0.39 is 0 Å². The van der Waals surface area contributed by atoms with Gasteiger partial charge in [-0.3, -0.25) is 0 Å². The third kappa shape index (κ3) is 2.78. The second-order valence-corrected chi connectivity index (χ2v) is 7.17. The highest BCUT2D eigenvalue weighted by Gasteiger charge is 2.14. The van der Waals surface area contributed by atoms with Gasteiger partial charge in [-0.25, -0.2) is 9.97 Å². The summed E-state index contributed by atoms with van der Waals surface area (Å²) in [5, 5.41) is 1.13. The van der Waals surface area contributed by atoms with Crippen LogP contribution in [0.25, 0.3) is 33.1 Å². The summed E-state index contributed by atoms with van der Waals surface area (Å²) in [5.41, 5.74) is 7.23. The van der Waals surface area contributed by atoms with Crippen molar-refractivity contribution in [3.8, 4) is 5.75 Å². The minimum atomic E-state index is 0.576. The van der Waals surface area contributed by atoms with Crippen LogP contribution in [0.2, 0.25) is 0 Å². The van der Waals surface area contributed by atoms with E-state index >= 15 is 0 Å². The number of fused-ring (bicyclic) bond motifs is 4. The van der Waals surface area contributed by atoms with Gasteiger partial charge in [0, 0.05) is 5.39 Å². The normalized spacial score (nSPS) is 11.5. The van der Waals surface area contributed by atoms with Crippen molar-refractivity contribution in [1.29, 1.82) is 0 Å². The molecule has 0 N–H and O–H groups in total. The predicted molar refractivity (Wildman–Crippen MR) is 114 cm³/mol. The van der Waals surface area contributed by atoms with E-state index in [1.165, 1.54) is 5.56 Å². The number of aromatic nitrogens is 3. The second kappa shape index (κ2) is 6.64. The van der Waals surface area contributed by atoms with Gasteiger partial charge >= 0.3 is 0 Å². The molecule has 0 aliphatic carbocycles. The molecule has 3 aromatic carbocycles. The van der Waals surface area contributed by atoms with Gasteiger partial charge in [0.15, 0.2) is 5.65 Å². The van der Waals surface area contributed by atoms with Crippen LogP contribution in [-0.2, 0) is 6.54 Å². The lowest BCUT2D eigenvalue weighted by atomic mass is 10.1. The average molecular weight is 367 g/mol. The highest BCUT2D eigenvalue weighted by atomic mass is 16.5. The average Bonchev–Trinajstić information content (AvgIpc) is 3.01. The number of nitrogens with zero attached hydrogens (tertiary/aromatic N) is 3. The number of benzene rings is 3. The van der Waals surface area contributed by atoms with E-state index in [0.717, 1.165) is 44.4 Å². The van der Waals surface area contributed by atoms with Gasteiger partial charge in [0.25, 0.3) is 0 Å². The molecule has 4 heteroatoms. The molecule has 0 amide bonds. The molecule has 5 aromatic rings. The standard InChI is InChI=1S/C24H21N3O/c1-16-11-12-22(17(2)15-16)28-14-13-27-21-10-6-3-7-18(21)23-24(27)26-20-9-5-4-8-19(20)25-23/h3-12,15H,13-14H2,1-2H3. The van der Waals surface area contributed by atoms with Gasteiger partial charge in [-0.15, -0.1) is 0 Å². The largest absolute Gasteiger partial charge is 0.491 e. The molecular formula is C24H21N3O. The summed E-state index contributed by atoms with van der Waals surface area (Å²) < 4.78 is 8.30. The molecule has 5 rings (SSSR count). The third-order valence-corrected chi connectivity index (χ3v) is 5.16. The van der Waals surface area contributed by atoms with E-state index in [1.54, 1.807) is 0 Å². The first-order valence-electron chi connectivity index (χ1n) is 9.54. The first kappa shape index (κ1) is 16.8. The smallest absolute Gasteiger partial charge is 0.160 e. The Morgan fingerprint density at radius 3 is 2.43 bits per heavy atom. The van der Waals surface area contributed by atoms with Gasteiger partial charge in [-0.1, -0.05) is 48.0 Å². The lowest BCUT2D eigenvalue weighted by Crippen LogP contribution is -2.09. The number of rotatable bonds is 4. The van der Waals surface area contributed by atoms with Gasteiger partial charge in [-0.2, -0.15) is 0 Å². The second-order valence-electron chi connectivity index (χ2n) is 7.17. The molecule has 0 atom stereocenters. The summed E-state index contributed by atoms with van der Waals surface area (Å²) in [6.45, 7) is 5.47. The van der Waals surface area contributed by atoms with E-state index in [2.05, 4.69) is 54.8 Å². The highest BCUT2D eigenvalue weighted by Crippen LogP contribution is 2.28. The molecule has 138 valence electrons. The maximum absolute atomic E-state index is 6.08. The van der Waals surface area contributed by atoms with Crippen LogP contribution in [0, 0.1) is 13.8 Å². The Kier molecular flexibility index (Phi) is 3.97. The Balaban J connectivity index is 1.56. The summed E-state index contributed by atoms with van der Waals surface area (Å²) in [7, 11) is 0. The Bertz CT molecular complexity index is 1320. The van der Waals surface area contributed by atoms with Crippen molar-refractivity contribution in [1.82, 2.24) is 14.5 Å². The van der Waals surface area contributed by atoms with E-state index in [-0.39, 0.29) is 0 Å². The summed E-state index contributed by atoms with van der Waals surface area (Å²) in [6, 6.07) is 22.6. The Labute approximate surface area is 163 Å². The lowest BCUT2D eigenvalue weighted by molar-refractivity contribution is 0.300. The number of hydrogen-bond acceptors (Lipinski definition) is 3. The minimum absolute atomic E-state index is 0.576. The molecule has 0 bridgehead atoms. The van der Waals surface area contributed by atoms with E-state index in [4.69, 9.17) is 14.7 Å². The van der Waals surface area contributed by atoms with E-state index in [9.17, 15) is 0 Å². The Hall–Kier alpha value is -3.40. The first-order chi connectivity index (χ1) is 13.7. The third-order valence-electron chi connectivity index (χ3n) is 5.16. The molecule has 4 nitrogen and oxygen atoms in total. The molecule has 0 saturated heterocycles. The maximum Gasteiger partial charge on any atom is 0.160 e. The van der Waals surface area contributed by atoms with Crippen LogP contribution >= 0.6 is 0 Å². The van der Waals surface area contributed by atoms with Crippen molar-refractivity contribution >= 4 is 33.1 Å². The summed E-state index contributed by atoms with van der Waals surface area (Å²) in [4.78, 5) is 9.81. The molecule has 0 spiro atoms. The highest BCUT2D eigenvalue weighted by molar-refractivity contribution is 6.06. The molecule has 0 unspecified atom stereocenters. The van der Waals surface area contributed by atoms with Crippen molar-refractivity contribution in [2.45, 2.75) is 20.4 Å². The number of ether oxygens (including phenoxy) is 1. The summed E-state index contributed by atoms with van der Waals surface area (Å²) in [5.74, 6) is 0.933. The van der Waals surface area contributed by atoms with Crippen LogP contribution in [0.4, 0.5) is 0 Å². The van der Waals surface area contributed by atoms with Gasteiger partial charge < -0.3 is 9.30 Å². The fourth-order valence-electron chi connectivity index (χ4n) is 3.82. The molecular weight excluding hydrogens is 346 g/mol.